The van der Waals surface area contributed by atoms with E-state index in [1.54, 1.807) is 6.08 Å². The number of amides is 1. The van der Waals surface area contributed by atoms with Crippen molar-refractivity contribution in [2.24, 2.45) is 0 Å². The Balaban J connectivity index is 2.30. The van der Waals surface area contributed by atoms with Crippen molar-refractivity contribution in [2.75, 3.05) is 6.54 Å². The Morgan fingerprint density at radius 3 is 2.74 bits per heavy atom. The topological polar surface area (TPSA) is 75.6 Å². The van der Waals surface area contributed by atoms with E-state index in [0.29, 0.717) is 13.0 Å². The number of aliphatic carboxylic acids is 1. The fourth-order valence-corrected chi connectivity index (χ4v) is 1.98. The van der Waals surface area contributed by atoms with Crippen molar-refractivity contribution in [3.05, 3.63) is 35.9 Å². The predicted octanol–water partition coefficient (Wildman–Crippen LogP) is 3.25. The largest absolute Gasteiger partial charge is 0.491 e. The summed E-state index contributed by atoms with van der Waals surface area (Å²) in [7, 11) is 0. The molecule has 5 nitrogen and oxygen atoms in total. The van der Waals surface area contributed by atoms with Crippen LogP contribution in [0.15, 0.2) is 30.3 Å². The van der Waals surface area contributed by atoms with E-state index in [4.69, 9.17) is 9.84 Å². The number of hydrogen-bond donors (Lipinski definition) is 2. The number of nitrogens with one attached hydrogen (secondary N) is 1. The van der Waals surface area contributed by atoms with Gasteiger partial charge in [-0.05, 0) is 50.5 Å². The van der Waals surface area contributed by atoms with Gasteiger partial charge in [0, 0.05) is 19.0 Å². The van der Waals surface area contributed by atoms with Gasteiger partial charge < -0.3 is 15.2 Å². The molecule has 1 amide bonds. The molecule has 0 unspecified atom stereocenters. The number of ether oxygens (including phenoxy) is 1. The first-order valence-corrected chi connectivity index (χ1v) is 7.92. The molecule has 0 atom stereocenters. The van der Waals surface area contributed by atoms with Crippen LogP contribution in [0.1, 0.15) is 45.1 Å². The van der Waals surface area contributed by atoms with Crippen molar-refractivity contribution in [3.63, 3.8) is 0 Å². The molecule has 2 N–H and O–H groups in total. The van der Waals surface area contributed by atoms with E-state index in [0.717, 1.165) is 24.2 Å². The lowest BCUT2D eigenvalue weighted by atomic mass is 10.2. The molecule has 0 bridgehead atoms. The van der Waals surface area contributed by atoms with Crippen molar-refractivity contribution in [2.45, 2.75) is 45.6 Å². The molecule has 0 radical (unpaired) electrons. The first kappa shape index (κ1) is 18.7. The van der Waals surface area contributed by atoms with Gasteiger partial charge in [0.2, 0.25) is 5.91 Å². The van der Waals surface area contributed by atoms with Crippen LogP contribution in [0, 0.1) is 0 Å². The standard InChI is InChI=1S/C18H25NO4/c1-14(2)23-16-8-6-7-15(13-16)10-11-17(20)19-12-5-3-4-9-18(21)22/h6-8,10-11,13-14H,3-5,9,12H2,1-2H3,(H,19,20)(H,21,22)/b11-10+. The number of rotatable bonds is 10. The van der Waals surface area contributed by atoms with Gasteiger partial charge in [-0.15, -0.1) is 0 Å². The van der Waals surface area contributed by atoms with Crippen LogP contribution in [0.3, 0.4) is 0 Å². The van der Waals surface area contributed by atoms with Crippen LogP contribution in [0.2, 0.25) is 0 Å². The number of hydrogen-bond acceptors (Lipinski definition) is 3. The minimum atomic E-state index is -0.777. The molecule has 1 rings (SSSR count). The molecule has 0 aromatic heterocycles. The molecule has 5 heteroatoms. The summed E-state index contributed by atoms with van der Waals surface area (Å²) in [6.45, 7) is 4.48. The van der Waals surface area contributed by atoms with E-state index in [2.05, 4.69) is 5.32 Å². The fraction of sp³-hybridized carbons (Fsp3) is 0.444. The Labute approximate surface area is 137 Å². The van der Waals surface area contributed by atoms with E-state index in [1.165, 1.54) is 6.08 Å². The molecule has 0 fully saturated rings. The van der Waals surface area contributed by atoms with Crippen molar-refractivity contribution in [1.29, 1.82) is 0 Å². The lowest BCUT2D eigenvalue weighted by Crippen LogP contribution is -2.22. The number of carbonyl (C=O) groups excluding carboxylic acids is 1. The molecule has 23 heavy (non-hydrogen) atoms. The lowest BCUT2D eigenvalue weighted by molar-refractivity contribution is -0.137. The van der Waals surface area contributed by atoms with Gasteiger partial charge in [-0.1, -0.05) is 18.6 Å². The molecule has 0 aliphatic heterocycles. The van der Waals surface area contributed by atoms with Crippen LogP contribution >= 0.6 is 0 Å². The van der Waals surface area contributed by atoms with Crippen LogP contribution in [0.4, 0.5) is 0 Å². The van der Waals surface area contributed by atoms with Crippen LogP contribution in [0.25, 0.3) is 6.08 Å². The van der Waals surface area contributed by atoms with Crippen LogP contribution < -0.4 is 10.1 Å². The summed E-state index contributed by atoms with van der Waals surface area (Å²) >= 11 is 0. The minimum Gasteiger partial charge on any atom is -0.491 e. The van der Waals surface area contributed by atoms with Crippen molar-refractivity contribution in [1.82, 2.24) is 5.32 Å². The highest BCUT2D eigenvalue weighted by atomic mass is 16.5. The minimum absolute atomic E-state index is 0.110. The first-order chi connectivity index (χ1) is 11.0. The molecule has 126 valence electrons. The number of carbonyl (C=O) groups is 2. The van der Waals surface area contributed by atoms with Gasteiger partial charge in [0.05, 0.1) is 6.10 Å². The zero-order valence-corrected chi connectivity index (χ0v) is 13.7. The third-order valence-electron chi connectivity index (χ3n) is 3.02. The van der Waals surface area contributed by atoms with Gasteiger partial charge in [0.15, 0.2) is 0 Å². The fourth-order valence-electron chi connectivity index (χ4n) is 1.98. The Morgan fingerprint density at radius 2 is 2.04 bits per heavy atom. The molecular weight excluding hydrogens is 294 g/mol. The number of benzene rings is 1. The highest BCUT2D eigenvalue weighted by Crippen LogP contribution is 2.15. The van der Waals surface area contributed by atoms with Gasteiger partial charge in [0.1, 0.15) is 5.75 Å². The highest BCUT2D eigenvalue weighted by molar-refractivity contribution is 5.91. The Bertz CT molecular complexity index is 538. The summed E-state index contributed by atoms with van der Waals surface area (Å²) in [6.07, 6.45) is 5.75. The lowest BCUT2D eigenvalue weighted by Gasteiger charge is -2.09. The quantitative estimate of drug-likeness (QED) is 0.513. The average Bonchev–Trinajstić information content (AvgIpc) is 2.48. The SMILES string of the molecule is CC(C)Oc1cccc(/C=C/C(=O)NCCCCCC(=O)O)c1. The summed E-state index contributed by atoms with van der Waals surface area (Å²) in [6, 6.07) is 7.56. The molecular formula is C18H25NO4. The predicted molar refractivity (Wildman–Crippen MR) is 90.4 cm³/mol. The molecule has 0 spiro atoms. The van der Waals surface area contributed by atoms with Crippen molar-refractivity contribution in [3.8, 4) is 5.75 Å². The molecule has 0 aliphatic rings. The molecule has 1 aromatic rings. The van der Waals surface area contributed by atoms with Crippen LogP contribution in [0.5, 0.6) is 5.75 Å². The summed E-state index contributed by atoms with van der Waals surface area (Å²) < 4.78 is 5.60. The Hall–Kier alpha value is -2.30. The summed E-state index contributed by atoms with van der Waals surface area (Å²) in [5, 5.41) is 11.3. The maximum atomic E-state index is 11.7. The number of unbranched alkanes of at least 4 members (excludes halogenated alkanes) is 2. The van der Waals surface area contributed by atoms with E-state index < -0.39 is 5.97 Å². The normalized spacial score (nSPS) is 10.9. The average molecular weight is 319 g/mol. The monoisotopic (exact) mass is 319 g/mol. The molecule has 0 saturated carbocycles. The van der Waals surface area contributed by atoms with Crippen LogP contribution in [-0.4, -0.2) is 29.6 Å². The van der Waals surface area contributed by atoms with E-state index in [9.17, 15) is 9.59 Å². The van der Waals surface area contributed by atoms with Gasteiger partial charge >= 0.3 is 5.97 Å². The molecule has 0 heterocycles. The second-order valence-electron chi connectivity index (χ2n) is 5.57. The van der Waals surface area contributed by atoms with E-state index >= 15 is 0 Å². The molecule has 1 aromatic carbocycles. The second kappa shape index (κ2) is 10.4. The van der Waals surface area contributed by atoms with Crippen molar-refractivity contribution >= 4 is 18.0 Å². The van der Waals surface area contributed by atoms with E-state index in [1.807, 2.05) is 38.1 Å². The summed E-state index contributed by atoms with van der Waals surface area (Å²) in [4.78, 5) is 22.1. The Morgan fingerprint density at radius 1 is 1.26 bits per heavy atom. The van der Waals surface area contributed by atoms with Crippen LogP contribution in [-0.2, 0) is 9.59 Å². The zero-order chi connectivity index (χ0) is 17.1. The van der Waals surface area contributed by atoms with Gasteiger partial charge in [-0.3, -0.25) is 9.59 Å². The maximum Gasteiger partial charge on any atom is 0.303 e. The number of carboxylic acid groups (broad SMARTS) is 1. The first-order valence-electron chi connectivity index (χ1n) is 7.92. The number of carboxylic acids is 1. The highest BCUT2D eigenvalue weighted by Gasteiger charge is 2.00. The molecule has 0 saturated heterocycles. The van der Waals surface area contributed by atoms with Gasteiger partial charge in [-0.2, -0.15) is 0 Å². The smallest absolute Gasteiger partial charge is 0.303 e. The third-order valence-corrected chi connectivity index (χ3v) is 3.02. The zero-order valence-electron chi connectivity index (χ0n) is 13.7. The maximum absolute atomic E-state index is 11.7. The second-order valence-corrected chi connectivity index (χ2v) is 5.57. The molecule has 0 aliphatic carbocycles. The van der Waals surface area contributed by atoms with E-state index in [-0.39, 0.29) is 18.4 Å². The van der Waals surface area contributed by atoms with Crippen molar-refractivity contribution < 1.29 is 19.4 Å². The summed E-state index contributed by atoms with van der Waals surface area (Å²) in [5.74, 6) is -0.153. The summed E-state index contributed by atoms with van der Waals surface area (Å²) in [5.41, 5.74) is 0.903. The Kier molecular flexibility index (Phi) is 8.50. The van der Waals surface area contributed by atoms with Gasteiger partial charge in [0.25, 0.3) is 0 Å². The third kappa shape index (κ3) is 9.34. The van der Waals surface area contributed by atoms with Gasteiger partial charge in [-0.25, -0.2) is 0 Å².